The van der Waals surface area contributed by atoms with Gasteiger partial charge in [-0.05, 0) is 47.7 Å². The summed E-state index contributed by atoms with van der Waals surface area (Å²) in [6.07, 6.45) is 5.31. The van der Waals surface area contributed by atoms with Gasteiger partial charge in [-0.2, -0.15) is 16.4 Å². The van der Waals surface area contributed by atoms with Crippen molar-refractivity contribution in [3.8, 4) is 33.9 Å². The average Bonchev–Trinajstić information content (AvgIpc) is 3.62. The molecule has 0 bridgehead atoms. The molecule has 4 N–H and O–H groups in total. The van der Waals surface area contributed by atoms with Gasteiger partial charge in [0.05, 0.1) is 28.6 Å². The Kier molecular flexibility index (Phi) is 5.05. The van der Waals surface area contributed by atoms with Crippen LogP contribution >= 0.6 is 11.3 Å². The molecule has 8 nitrogen and oxygen atoms in total. The monoisotopic (exact) mass is 467 g/mol. The number of anilines is 1. The number of H-pyrrole nitrogens is 2. The minimum absolute atomic E-state index is 0.607. The molecule has 0 aliphatic carbocycles. The highest BCUT2D eigenvalue weighted by molar-refractivity contribution is 7.08. The number of hydrogen-bond donors (Lipinski definition) is 4. The molecule has 6 aromatic rings. The van der Waals surface area contributed by atoms with E-state index in [2.05, 4.69) is 41.9 Å². The first kappa shape index (κ1) is 20.5. The van der Waals surface area contributed by atoms with Crippen LogP contribution in [-0.2, 0) is 0 Å². The van der Waals surface area contributed by atoms with E-state index in [-0.39, 0.29) is 0 Å². The second-order valence-electron chi connectivity index (χ2n) is 8.02. The number of aliphatic hydroxyl groups excluding tert-OH is 1. The number of nitrogens with zero attached hydrogens (tertiary/aromatic N) is 4. The van der Waals surface area contributed by atoms with Gasteiger partial charge >= 0.3 is 0 Å². The van der Waals surface area contributed by atoms with Crippen molar-refractivity contribution in [2.45, 2.75) is 19.6 Å². The zero-order valence-corrected chi connectivity index (χ0v) is 19.1. The van der Waals surface area contributed by atoms with Crippen LogP contribution in [0.2, 0.25) is 0 Å². The van der Waals surface area contributed by atoms with E-state index in [1.54, 1.807) is 23.7 Å². The first-order valence-corrected chi connectivity index (χ1v) is 11.9. The summed E-state index contributed by atoms with van der Waals surface area (Å²) in [6, 6.07) is 12.1. The van der Waals surface area contributed by atoms with Gasteiger partial charge in [-0.3, -0.25) is 15.1 Å². The average molecular weight is 468 g/mol. The van der Waals surface area contributed by atoms with Crippen LogP contribution in [0.1, 0.15) is 13.3 Å². The van der Waals surface area contributed by atoms with Crippen molar-refractivity contribution in [3.05, 3.63) is 65.7 Å². The van der Waals surface area contributed by atoms with E-state index >= 15 is 0 Å². The fourth-order valence-corrected chi connectivity index (χ4v) is 4.64. The van der Waals surface area contributed by atoms with Crippen LogP contribution in [-0.4, -0.2) is 41.5 Å². The molecule has 1 unspecified atom stereocenters. The Hall–Kier alpha value is -4.08. The second-order valence-corrected chi connectivity index (χ2v) is 8.80. The van der Waals surface area contributed by atoms with Gasteiger partial charge in [-0.1, -0.05) is 13.0 Å². The summed E-state index contributed by atoms with van der Waals surface area (Å²) in [4.78, 5) is 17.2. The third kappa shape index (κ3) is 3.60. The highest BCUT2D eigenvalue weighted by Gasteiger charge is 2.16. The fraction of sp³-hybridized carbons (Fsp3) is 0.120. The number of hydrogen-bond acceptors (Lipinski definition) is 7. The molecule has 0 radical (unpaired) electrons. The fourth-order valence-electron chi connectivity index (χ4n) is 4.00. The summed E-state index contributed by atoms with van der Waals surface area (Å²) < 4.78 is 0. The predicted octanol–water partition coefficient (Wildman–Crippen LogP) is 5.43. The number of imidazole rings is 1. The first-order chi connectivity index (χ1) is 16.7. The number of benzene rings is 1. The molecule has 1 atom stereocenters. The zero-order chi connectivity index (χ0) is 23.1. The highest BCUT2D eigenvalue weighted by atomic mass is 32.1. The third-order valence-electron chi connectivity index (χ3n) is 5.77. The van der Waals surface area contributed by atoms with Gasteiger partial charge in [-0.25, -0.2) is 4.98 Å². The van der Waals surface area contributed by atoms with Gasteiger partial charge in [0.1, 0.15) is 17.4 Å². The number of fused-ring (bicyclic) bond motifs is 2. The quantitative estimate of drug-likeness (QED) is 0.243. The number of nitrogens with one attached hydrogen (secondary N) is 3. The van der Waals surface area contributed by atoms with E-state index in [9.17, 15) is 5.11 Å². The van der Waals surface area contributed by atoms with E-state index in [0.29, 0.717) is 12.2 Å². The molecule has 0 saturated carbocycles. The molecular weight excluding hydrogens is 446 g/mol. The van der Waals surface area contributed by atoms with Crippen LogP contribution in [0.5, 0.6) is 0 Å². The topological polar surface area (TPSA) is 115 Å². The molecule has 168 valence electrons. The van der Waals surface area contributed by atoms with Gasteiger partial charge in [0.2, 0.25) is 0 Å². The lowest BCUT2D eigenvalue weighted by Gasteiger charge is -2.12. The SMILES string of the molecule is CCC(O)Nc1cncc(-c2ccc3[nH]nc(-c4nc5c(-c6ccsc6)nccc5[nH]4)c3c2)c1. The first-order valence-electron chi connectivity index (χ1n) is 11.0. The molecule has 6 rings (SSSR count). The van der Waals surface area contributed by atoms with Crippen molar-refractivity contribution >= 4 is 39.0 Å². The summed E-state index contributed by atoms with van der Waals surface area (Å²) in [7, 11) is 0. The van der Waals surface area contributed by atoms with Crippen LogP contribution < -0.4 is 5.32 Å². The van der Waals surface area contributed by atoms with E-state index in [1.165, 1.54) is 0 Å². The molecule has 0 spiro atoms. The molecule has 0 aliphatic rings. The number of thiophene rings is 1. The van der Waals surface area contributed by atoms with E-state index < -0.39 is 6.23 Å². The predicted molar refractivity (Wildman–Crippen MR) is 135 cm³/mol. The van der Waals surface area contributed by atoms with Crippen LogP contribution in [0, 0.1) is 0 Å². The molecule has 0 aliphatic heterocycles. The largest absolute Gasteiger partial charge is 0.374 e. The van der Waals surface area contributed by atoms with Crippen molar-refractivity contribution < 1.29 is 5.11 Å². The molecule has 5 aromatic heterocycles. The second kappa shape index (κ2) is 8.36. The summed E-state index contributed by atoms with van der Waals surface area (Å²) in [6.45, 7) is 1.92. The minimum atomic E-state index is -0.610. The van der Waals surface area contributed by atoms with Crippen molar-refractivity contribution in [1.29, 1.82) is 0 Å². The van der Waals surface area contributed by atoms with Crippen LogP contribution in [0.25, 0.3) is 55.8 Å². The van der Waals surface area contributed by atoms with E-state index in [4.69, 9.17) is 4.98 Å². The number of aromatic nitrogens is 6. The zero-order valence-electron chi connectivity index (χ0n) is 18.3. The minimum Gasteiger partial charge on any atom is -0.374 e. The van der Waals surface area contributed by atoms with Gasteiger partial charge in [-0.15, -0.1) is 0 Å². The van der Waals surface area contributed by atoms with Crippen molar-refractivity contribution in [2.75, 3.05) is 5.32 Å². The number of aromatic amines is 2. The van der Waals surface area contributed by atoms with Crippen molar-refractivity contribution in [2.24, 2.45) is 0 Å². The molecule has 1 aromatic carbocycles. The summed E-state index contributed by atoms with van der Waals surface area (Å²) in [5.74, 6) is 0.683. The Morgan fingerprint density at radius 2 is 1.97 bits per heavy atom. The number of pyridine rings is 2. The van der Waals surface area contributed by atoms with Gasteiger partial charge in [0.15, 0.2) is 5.82 Å². The summed E-state index contributed by atoms with van der Waals surface area (Å²) >= 11 is 1.64. The normalized spacial score (nSPS) is 12.4. The highest BCUT2D eigenvalue weighted by Crippen LogP contribution is 2.33. The Morgan fingerprint density at radius 3 is 2.82 bits per heavy atom. The van der Waals surface area contributed by atoms with E-state index in [1.807, 2.05) is 48.8 Å². The van der Waals surface area contributed by atoms with Crippen molar-refractivity contribution in [3.63, 3.8) is 0 Å². The lowest BCUT2D eigenvalue weighted by atomic mass is 10.0. The van der Waals surface area contributed by atoms with Crippen LogP contribution in [0.15, 0.2) is 65.7 Å². The van der Waals surface area contributed by atoms with Crippen molar-refractivity contribution in [1.82, 2.24) is 30.1 Å². The maximum absolute atomic E-state index is 9.92. The lowest BCUT2D eigenvalue weighted by Crippen LogP contribution is -2.16. The number of aliphatic hydroxyl groups is 1. The maximum Gasteiger partial charge on any atom is 0.159 e. The third-order valence-corrected chi connectivity index (χ3v) is 6.46. The molecule has 0 fully saturated rings. The molecule has 0 amide bonds. The number of rotatable bonds is 6. The molecule has 5 heterocycles. The summed E-state index contributed by atoms with van der Waals surface area (Å²) in [5, 5.41) is 25.7. The van der Waals surface area contributed by atoms with Gasteiger partial charge in [0, 0.05) is 34.3 Å². The Bertz CT molecular complexity index is 1600. The van der Waals surface area contributed by atoms with Gasteiger partial charge in [0.25, 0.3) is 0 Å². The Morgan fingerprint density at radius 1 is 1.03 bits per heavy atom. The van der Waals surface area contributed by atoms with Gasteiger partial charge < -0.3 is 15.4 Å². The molecule has 0 saturated heterocycles. The molecule has 9 heteroatoms. The van der Waals surface area contributed by atoms with Crippen LogP contribution in [0.3, 0.4) is 0 Å². The smallest absolute Gasteiger partial charge is 0.159 e. The molecule has 34 heavy (non-hydrogen) atoms. The standard InChI is InChI=1S/C25H21N7OS/c1-2-21(33)28-17-9-16(11-26-12-17)14-3-4-19-18(10-14)23(32-31-19)25-29-20-5-7-27-22(24(20)30-25)15-6-8-34-13-15/h3-13,21,28,33H,2H2,1H3,(H,29,30)(H,31,32). The Balaban J connectivity index is 1.43. The maximum atomic E-state index is 9.92. The molecular formula is C25H21N7OS. The summed E-state index contributed by atoms with van der Waals surface area (Å²) in [5.41, 5.74) is 8.00. The van der Waals surface area contributed by atoms with Crippen LogP contribution in [0.4, 0.5) is 5.69 Å². The van der Waals surface area contributed by atoms with E-state index in [0.717, 1.165) is 55.7 Å². The lowest BCUT2D eigenvalue weighted by molar-refractivity contribution is 0.199. The Labute approximate surface area is 198 Å².